The van der Waals surface area contributed by atoms with E-state index in [1.54, 1.807) is 18.2 Å². The Labute approximate surface area is 154 Å². The minimum atomic E-state index is -0.263. The van der Waals surface area contributed by atoms with Crippen LogP contribution in [0.2, 0.25) is 0 Å². The molecule has 0 N–H and O–H groups in total. The van der Waals surface area contributed by atoms with Gasteiger partial charge >= 0.3 is 0 Å². The average molecular weight is 362 g/mol. The third-order valence-electron chi connectivity index (χ3n) is 5.44. The molecule has 1 unspecified atom stereocenters. The zero-order valence-corrected chi connectivity index (χ0v) is 15.5. The fourth-order valence-electron chi connectivity index (χ4n) is 3.90. The summed E-state index contributed by atoms with van der Waals surface area (Å²) >= 11 is 0. The summed E-state index contributed by atoms with van der Waals surface area (Å²) in [6, 6.07) is 6.70. The molecule has 6 heteroatoms. The van der Waals surface area contributed by atoms with E-state index in [0.717, 1.165) is 6.42 Å². The van der Waals surface area contributed by atoms with Gasteiger partial charge in [-0.3, -0.25) is 9.59 Å². The molecule has 2 heterocycles. The molecule has 5 nitrogen and oxygen atoms in total. The molecule has 2 saturated heterocycles. The van der Waals surface area contributed by atoms with Crippen LogP contribution in [-0.2, 0) is 20.7 Å². The van der Waals surface area contributed by atoms with Gasteiger partial charge in [0.15, 0.2) is 0 Å². The molecular weight excluding hydrogens is 335 g/mol. The third kappa shape index (κ3) is 4.06. The van der Waals surface area contributed by atoms with Crippen molar-refractivity contribution in [2.45, 2.75) is 39.2 Å². The smallest absolute Gasteiger partial charge is 0.248 e. The maximum Gasteiger partial charge on any atom is 0.248 e. The number of carbonyl (C=O) groups is 2. The second kappa shape index (κ2) is 7.74. The normalized spacial score (nSPS) is 23.8. The monoisotopic (exact) mass is 362 g/mol. The van der Waals surface area contributed by atoms with Crippen LogP contribution in [0.5, 0.6) is 0 Å². The number of hydrogen-bond donors (Lipinski definition) is 0. The minimum Gasteiger partial charge on any atom is -0.371 e. The summed E-state index contributed by atoms with van der Waals surface area (Å²) in [7, 11) is 0. The summed E-state index contributed by atoms with van der Waals surface area (Å²) in [6.07, 6.45) is 1.53. The zero-order chi connectivity index (χ0) is 18.7. The van der Waals surface area contributed by atoms with Crippen molar-refractivity contribution in [2.24, 2.45) is 5.41 Å². The molecule has 2 fully saturated rings. The molecule has 1 aromatic carbocycles. The van der Waals surface area contributed by atoms with E-state index < -0.39 is 0 Å². The molecule has 0 aromatic heterocycles. The van der Waals surface area contributed by atoms with Gasteiger partial charge in [-0.15, -0.1) is 0 Å². The fourth-order valence-corrected chi connectivity index (χ4v) is 3.90. The highest BCUT2D eigenvalue weighted by Gasteiger charge is 2.44. The second-order valence-corrected chi connectivity index (χ2v) is 7.76. The minimum absolute atomic E-state index is 0.0150. The van der Waals surface area contributed by atoms with Crippen molar-refractivity contribution in [1.82, 2.24) is 9.80 Å². The van der Waals surface area contributed by atoms with Gasteiger partial charge in [-0.2, -0.15) is 0 Å². The molecule has 0 radical (unpaired) electrons. The number of benzene rings is 1. The highest BCUT2D eigenvalue weighted by Crippen LogP contribution is 2.34. The van der Waals surface area contributed by atoms with Crippen molar-refractivity contribution in [3.8, 4) is 0 Å². The summed E-state index contributed by atoms with van der Waals surface area (Å²) in [6.45, 7) is 6.51. The van der Waals surface area contributed by atoms with E-state index in [1.807, 2.05) is 23.6 Å². The van der Waals surface area contributed by atoms with Gasteiger partial charge in [0.05, 0.1) is 6.61 Å². The van der Waals surface area contributed by atoms with E-state index in [1.165, 1.54) is 6.07 Å². The Morgan fingerprint density at radius 3 is 2.81 bits per heavy atom. The molecule has 0 bridgehead atoms. The lowest BCUT2D eigenvalue weighted by Crippen LogP contribution is -2.46. The zero-order valence-electron chi connectivity index (χ0n) is 15.5. The van der Waals surface area contributed by atoms with E-state index in [9.17, 15) is 14.0 Å². The Kier molecular flexibility index (Phi) is 5.61. The third-order valence-corrected chi connectivity index (χ3v) is 5.44. The average Bonchev–Trinajstić information content (AvgIpc) is 2.95. The molecule has 0 saturated carbocycles. The van der Waals surface area contributed by atoms with E-state index >= 15 is 0 Å². The van der Waals surface area contributed by atoms with E-state index in [-0.39, 0.29) is 35.7 Å². The van der Waals surface area contributed by atoms with Gasteiger partial charge in [0.1, 0.15) is 12.4 Å². The predicted octanol–water partition coefficient (Wildman–Crippen LogP) is 2.24. The van der Waals surface area contributed by atoms with Crippen molar-refractivity contribution in [1.29, 1.82) is 0 Å². The summed E-state index contributed by atoms with van der Waals surface area (Å²) < 4.78 is 19.3. The van der Waals surface area contributed by atoms with Crippen LogP contribution in [0.25, 0.3) is 0 Å². The van der Waals surface area contributed by atoms with Crippen LogP contribution in [0.3, 0.4) is 0 Å². The number of nitrogens with zero attached hydrogens (tertiary/aromatic N) is 2. The molecular formula is C20H27FN2O3. The Morgan fingerprint density at radius 2 is 2.08 bits per heavy atom. The summed E-state index contributed by atoms with van der Waals surface area (Å²) in [5.41, 5.74) is 0.383. The lowest BCUT2D eigenvalue weighted by molar-refractivity contribution is -0.135. The molecule has 1 spiro atoms. The highest BCUT2D eigenvalue weighted by molar-refractivity contribution is 5.78. The molecule has 2 aliphatic heterocycles. The van der Waals surface area contributed by atoms with Crippen molar-refractivity contribution < 1.29 is 18.7 Å². The molecule has 0 aliphatic carbocycles. The van der Waals surface area contributed by atoms with Crippen LogP contribution in [0.1, 0.15) is 32.3 Å². The lowest BCUT2D eigenvalue weighted by atomic mass is 9.87. The number of amides is 2. The first kappa shape index (κ1) is 18.8. The number of rotatable bonds is 4. The van der Waals surface area contributed by atoms with E-state index in [4.69, 9.17) is 4.74 Å². The Bertz CT molecular complexity index is 679. The predicted molar refractivity (Wildman–Crippen MR) is 96.0 cm³/mol. The van der Waals surface area contributed by atoms with Crippen LogP contribution < -0.4 is 0 Å². The Hall–Kier alpha value is -1.95. The van der Waals surface area contributed by atoms with Gasteiger partial charge in [-0.25, -0.2) is 4.39 Å². The molecule has 1 atom stereocenters. The van der Waals surface area contributed by atoms with Crippen molar-refractivity contribution in [2.75, 3.05) is 32.8 Å². The van der Waals surface area contributed by atoms with E-state index in [0.29, 0.717) is 44.6 Å². The van der Waals surface area contributed by atoms with Gasteiger partial charge < -0.3 is 14.5 Å². The van der Waals surface area contributed by atoms with Crippen molar-refractivity contribution in [3.05, 3.63) is 35.6 Å². The molecule has 1 aromatic rings. The van der Waals surface area contributed by atoms with Gasteiger partial charge in [-0.1, -0.05) is 18.2 Å². The van der Waals surface area contributed by atoms with Crippen LogP contribution in [-0.4, -0.2) is 60.5 Å². The number of carbonyl (C=O) groups excluding carboxylic acids is 2. The van der Waals surface area contributed by atoms with Crippen LogP contribution >= 0.6 is 0 Å². The van der Waals surface area contributed by atoms with Crippen molar-refractivity contribution in [3.63, 3.8) is 0 Å². The number of ether oxygens (including phenoxy) is 1. The second-order valence-electron chi connectivity index (χ2n) is 7.76. The number of halogens is 1. The number of aryl methyl sites for hydroxylation is 1. The maximum atomic E-state index is 13.7. The SMILES string of the molecule is CC(C)N1CC2(CCN(C(=O)CCc3ccccc3F)C2)COCC1=O. The first-order chi connectivity index (χ1) is 12.4. The Balaban J connectivity index is 1.61. The lowest BCUT2D eigenvalue weighted by Gasteiger charge is -2.34. The van der Waals surface area contributed by atoms with Gasteiger partial charge in [0.2, 0.25) is 11.8 Å². The maximum absolute atomic E-state index is 13.7. The first-order valence-electron chi connectivity index (χ1n) is 9.29. The quantitative estimate of drug-likeness (QED) is 0.825. The first-order valence-corrected chi connectivity index (χ1v) is 9.29. The fraction of sp³-hybridized carbons (Fsp3) is 0.600. The summed E-state index contributed by atoms with van der Waals surface area (Å²) in [4.78, 5) is 28.5. The Morgan fingerprint density at radius 1 is 1.31 bits per heavy atom. The largest absolute Gasteiger partial charge is 0.371 e. The standard InChI is InChI=1S/C20H27FN2O3/c1-15(2)23-13-20(14-26-11-19(23)25)9-10-22(12-20)18(24)8-7-16-5-3-4-6-17(16)21/h3-6,15H,7-14H2,1-2H3. The molecule has 142 valence electrons. The summed E-state index contributed by atoms with van der Waals surface area (Å²) in [5, 5.41) is 0. The highest BCUT2D eigenvalue weighted by atomic mass is 19.1. The van der Waals surface area contributed by atoms with Gasteiger partial charge in [-0.05, 0) is 38.3 Å². The number of likely N-dealkylation sites (tertiary alicyclic amines) is 1. The molecule has 26 heavy (non-hydrogen) atoms. The van der Waals surface area contributed by atoms with Gasteiger partial charge in [0, 0.05) is 37.5 Å². The van der Waals surface area contributed by atoms with Crippen molar-refractivity contribution >= 4 is 11.8 Å². The van der Waals surface area contributed by atoms with Crippen LogP contribution in [0.4, 0.5) is 4.39 Å². The van der Waals surface area contributed by atoms with Gasteiger partial charge in [0.25, 0.3) is 0 Å². The molecule has 2 amide bonds. The summed E-state index contributed by atoms with van der Waals surface area (Å²) in [5.74, 6) is -0.209. The molecule has 2 aliphatic rings. The van der Waals surface area contributed by atoms with Crippen LogP contribution in [0.15, 0.2) is 24.3 Å². The van der Waals surface area contributed by atoms with E-state index in [2.05, 4.69) is 0 Å². The topological polar surface area (TPSA) is 49.9 Å². The molecule has 3 rings (SSSR count). The number of hydrogen-bond acceptors (Lipinski definition) is 3. The van der Waals surface area contributed by atoms with Crippen LogP contribution in [0, 0.1) is 11.2 Å².